The van der Waals surface area contributed by atoms with Gasteiger partial charge in [-0.2, -0.15) is 5.26 Å². The number of hydrogen-bond acceptors (Lipinski definition) is 7. The van der Waals surface area contributed by atoms with E-state index < -0.39 is 23.0 Å². The number of anilines is 1. The molecule has 190 valence electrons. The molecule has 8 nitrogen and oxygen atoms in total. The molecule has 1 aromatic heterocycles. The summed E-state index contributed by atoms with van der Waals surface area (Å²) in [6.07, 6.45) is 1.82. The van der Waals surface area contributed by atoms with Gasteiger partial charge in [0.2, 0.25) is 11.8 Å². The van der Waals surface area contributed by atoms with Gasteiger partial charge in [-0.1, -0.05) is 36.4 Å². The van der Waals surface area contributed by atoms with Gasteiger partial charge in [-0.05, 0) is 55.6 Å². The summed E-state index contributed by atoms with van der Waals surface area (Å²) in [6.45, 7) is 4.17. The molecule has 4 aromatic rings. The molecule has 2 amide bonds. The zero-order valence-corrected chi connectivity index (χ0v) is 21.1. The lowest BCUT2D eigenvalue weighted by Crippen LogP contribution is -2.43. The predicted octanol–water partition coefficient (Wildman–Crippen LogP) is 5.06. The van der Waals surface area contributed by atoms with Crippen LogP contribution in [0.2, 0.25) is 0 Å². The number of imide groups is 1. The molecule has 3 aliphatic heterocycles. The van der Waals surface area contributed by atoms with Gasteiger partial charge in [-0.3, -0.25) is 9.59 Å². The van der Waals surface area contributed by atoms with E-state index in [0.29, 0.717) is 52.7 Å². The van der Waals surface area contributed by atoms with Crippen molar-refractivity contribution in [1.29, 1.82) is 5.26 Å². The van der Waals surface area contributed by atoms with Crippen molar-refractivity contribution >= 4 is 39.2 Å². The van der Waals surface area contributed by atoms with Crippen molar-refractivity contribution in [2.75, 3.05) is 11.5 Å². The molecule has 0 saturated carbocycles. The molecule has 0 spiro atoms. The molecule has 4 heterocycles. The highest BCUT2D eigenvalue weighted by atomic mass is 16.6. The third-order valence-electron chi connectivity index (χ3n) is 8.70. The van der Waals surface area contributed by atoms with Crippen LogP contribution in [-0.4, -0.2) is 34.8 Å². The Bertz CT molecular complexity index is 1700. The summed E-state index contributed by atoms with van der Waals surface area (Å²) in [7, 11) is 0. The van der Waals surface area contributed by atoms with Crippen molar-refractivity contribution in [3.63, 3.8) is 0 Å². The summed E-state index contributed by atoms with van der Waals surface area (Å²) in [6, 6.07) is 18.7. The maximum absolute atomic E-state index is 14.0. The highest BCUT2D eigenvalue weighted by Crippen LogP contribution is 2.62. The quantitative estimate of drug-likeness (QED) is 0.348. The van der Waals surface area contributed by atoms with E-state index in [4.69, 9.17) is 14.0 Å². The van der Waals surface area contributed by atoms with E-state index in [1.165, 1.54) is 4.90 Å². The van der Waals surface area contributed by atoms with Crippen molar-refractivity contribution in [1.82, 2.24) is 5.16 Å². The number of hydrogen-bond donors (Lipinski definition) is 0. The summed E-state index contributed by atoms with van der Waals surface area (Å²) < 4.78 is 18.1. The molecule has 8 heteroatoms. The van der Waals surface area contributed by atoms with Crippen LogP contribution in [-0.2, 0) is 14.3 Å². The number of ether oxygens (including phenoxy) is 2. The second-order valence-corrected chi connectivity index (χ2v) is 10.8. The highest BCUT2D eigenvalue weighted by Gasteiger charge is 2.73. The Labute approximate surface area is 218 Å². The van der Waals surface area contributed by atoms with Crippen LogP contribution >= 0.6 is 0 Å². The molecule has 0 radical (unpaired) electrons. The summed E-state index contributed by atoms with van der Waals surface area (Å²) in [4.78, 5) is 29.2. The van der Waals surface area contributed by atoms with Crippen LogP contribution in [0.4, 0.5) is 5.69 Å². The summed E-state index contributed by atoms with van der Waals surface area (Å²) >= 11 is 0. The Balaban J connectivity index is 1.21. The average Bonchev–Trinajstić information content (AvgIpc) is 3.63. The maximum Gasteiger partial charge on any atom is 0.262 e. The minimum absolute atomic E-state index is 0.238. The largest absolute Gasteiger partial charge is 0.475 e. The minimum atomic E-state index is -0.793. The Morgan fingerprint density at radius 1 is 1.03 bits per heavy atom. The normalized spacial score (nSPS) is 27.9. The lowest BCUT2D eigenvalue weighted by molar-refractivity contribution is -0.131. The topological polar surface area (TPSA) is 106 Å². The number of nitriles is 1. The van der Waals surface area contributed by atoms with Crippen molar-refractivity contribution in [2.45, 2.75) is 44.3 Å². The van der Waals surface area contributed by atoms with Gasteiger partial charge in [-0.15, -0.1) is 0 Å². The molecule has 0 N–H and O–H groups in total. The van der Waals surface area contributed by atoms with Crippen molar-refractivity contribution in [2.24, 2.45) is 11.8 Å². The van der Waals surface area contributed by atoms with Crippen LogP contribution in [0.5, 0.6) is 5.88 Å². The molecular weight excluding hydrogens is 482 g/mol. The average molecular weight is 508 g/mol. The fourth-order valence-electron chi connectivity index (χ4n) is 6.93. The maximum atomic E-state index is 14.0. The number of rotatable bonds is 5. The van der Waals surface area contributed by atoms with E-state index in [9.17, 15) is 14.9 Å². The van der Waals surface area contributed by atoms with E-state index in [1.807, 2.05) is 56.3 Å². The highest BCUT2D eigenvalue weighted by molar-refractivity contribution is 6.26. The van der Waals surface area contributed by atoms with E-state index >= 15 is 0 Å². The van der Waals surface area contributed by atoms with Crippen LogP contribution in [0.15, 0.2) is 59.1 Å². The summed E-state index contributed by atoms with van der Waals surface area (Å²) in [5, 5.41) is 15.9. The third-order valence-corrected chi connectivity index (χ3v) is 8.70. The number of amides is 2. The van der Waals surface area contributed by atoms with E-state index in [-0.39, 0.29) is 18.4 Å². The van der Waals surface area contributed by atoms with Crippen molar-refractivity contribution < 1.29 is 23.6 Å². The van der Waals surface area contributed by atoms with Crippen LogP contribution < -0.4 is 9.64 Å². The van der Waals surface area contributed by atoms with Gasteiger partial charge in [0.1, 0.15) is 0 Å². The second-order valence-electron chi connectivity index (χ2n) is 10.8. The standard InChI is InChI=1S/C30H25N3O5/c1-17-6-5-9-21-25(17)37-32-26(21)36-15-14-30-13-12-29(2,38-30)23-24(30)28(35)33(27(23)34)22-11-10-18(16-31)19-7-3-4-8-20(19)22/h3-11,23-24H,12-15H2,1-2H3. The molecule has 2 bridgehead atoms. The Morgan fingerprint density at radius 3 is 2.61 bits per heavy atom. The molecule has 7 rings (SSSR count). The minimum Gasteiger partial charge on any atom is -0.475 e. The van der Waals surface area contributed by atoms with Gasteiger partial charge in [-0.25, -0.2) is 4.90 Å². The lowest BCUT2D eigenvalue weighted by Gasteiger charge is -2.31. The van der Waals surface area contributed by atoms with Gasteiger partial charge >= 0.3 is 0 Å². The molecule has 3 fully saturated rings. The number of carbonyl (C=O) groups excluding carboxylic acids is 2. The van der Waals surface area contributed by atoms with Crippen molar-refractivity contribution in [3.8, 4) is 11.9 Å². The van der Waals surface area contributed by atoms with Crippen LogP contribution in [0, 0.1) is 30.1 Å². The van der Waals surface area contributed by atoms with E-state index in [2.05, 4.69) is 11.2 Å². The van der Waals surface area contributed by atoms with Gasteiger partial charge in [0, 0.05) is 17.2 Å². The zero-order valence-electron chi connectivity index (χ0n) is 21.1. The molecule has 0 aliphatic carbocycles. The SMILES string of the molecule is Cc1cccc2c(OCCC34CCC(C)(O3)C3C(=O)N(c5ccc(C#N)c6ccccc56)C(=O)C34)noc12. The molecule has 3 saturated heterocycles. The first kappa shape index (κ1) is 22.9. The number of para-hydroxylation sites is 1. The molecule has 3 aliphatic rings. The van der Waals surface area contributed by atoms with Crippen LogP contribution in [0.1, 0.15) is 37.3 Å². The van der Waals surface area contributed by atoms with Gasteiger partial charge in [0.15, 0.2) is 5.58 Å². The number of benzene rings is 3. The number of fused-ring (bicyclic) bond motifs is 7. The number of carbonyl (C=O) groups is 2. The fourth-order valence-corrected chi connectivity index (χ4v) is 6.93. The number of nitrogens with zero attached hydrogens (tertiary/aromatic N) is 3. The first-order valence-corrected chi connectivity index (χ1v) is 12.8. The van der Waals surface area contributed by atoms with E-state index in [1.54, 1.807) is 12.1 Å². The van der Waals surface area contributed by atoms with Gasteiger partial charge < -0.3 is 14.0 Å². The van der Waals surface area contributed by atoms with Crippen LogP contribution in [0.25, 0.3) is 21.7 Å². The lowest BCUT2D eigenvalue weighted by atomic mass is 9.67. The molecule has 3 aromatic carbocycles. The van der Waals surface area contributed by atoms with Gasteiger partial charge in [0.05, 0.1) is 52.4 Å². The molecular formula is C30H25N3O5. The fraction of sp³-hybridized carbons (Fsp3) is 0.333. The second kappa shape index (κ2) is 7.89. The first-order valence-electron chi connectivity index (χ1n) is 12.8. The molecule has 4 unspecified atom stereocenters. The predicted molar refractivity (Wildman–Crippen MR) is 138 cm³/mol. The number of aryl methyl sites for hydroxylation is 1. The Morgan fingerprint density at radius 2 is 1.79 bits per heavy atom. The number of aromatic nitrogens is 1. The third kappa shape index (κ3) is 2.96. The monoisotopic (exact) mass is 507 g/mol. The smallest absolute Gasteiger partial charge is 0.262 e. The first-order chi connectivity index (χ1) is 18.4. The zero-order chi connectivity index (χ0) is 26.2. The van der Waals surface area contributed by atoms with E-state index in [0.717, 1.165) is 10.9 Å². The summed E-state index contributed by atoms with van der Waals surface area (Å²) in [5.74, 6) is -1.23. The Kier molecular flexibility index (Phi) is 4.76. The van der Waals surface area contributed by atoms with Gasteiger partial charge in [0.25, 0.3) is 5.88 Å². The summed E-state index contributed by atoms with van der Waals surface area (Å²) in [5.41, 5.74) is 1.17. The van der Waals surface area contributed by atoms with Crippen molar-refractivity contribution in [3.05, 3.63) is 65.7 Å². The molecule has 38 heavy (non-hydrogen) atoms. The van der Waals surface area contributed by atoms with Crippen LogP contribution in [0.3, 0.4) is 0 Å². The Hall–Kier alpha value is -4.22. The molecule has 4 atom stereocenters.